The lowest BCUT2D eigenvalue weighted by Crippen LogP contribution is -2.51. The van der Waals surface area contributed by atoms with Crippen molar-refractivity contribution in [2.24, 2.45) is 11.8 Å². The molecular weight excluding hydrogens is 586 g/mol. The third kappa shape index (κ3) is 11.5. The molecule has 3 N–H and O–H groups in total. The van der Waals surface area contributed by atoms with E-state index in [0.717, 1.165) is 5.56 Å². The van der Waals surface area contributed by atoms with Crippen LogP contribution < -0.4 is 16.0 Å². The molecule has 13 heteroatoms. The molecule has 0 spiro atoms. The number of carbonyl (C=O) groups is 6. The highest BCUT2D eigenvalue weighted by molar-refractivity contribution is 7.81. The van der Waals surface area contributed by atoms with Crippen LogP contribution >= 0.6 is 12.6 Å². The number of nitrogens with one attached hydrogen (secondary N) is 3. The number of amides is 6. The number of ether oxygens (including phenoxy) is 1. The molecule has 1 aliphatic rings. The van der Waals surface area contributed by atoms with E-state index in [-0.39, 0.29) is 55.7 Å². The minimum Gasteiger partial charge on any atom is -0.445 e. The Bertz CT molecular complexity index is 1170. The molecule has 1 aromatic carbocycles. The number of likely N-dealkylation sites (tertiary alicyclic amines) is 1. The highest BCUT2D eigenvalue weighted by atomic mass is 32.1. The van der Waals surface area contributed by atoms with Gasteiger partial charge in [-0.2, -0.15) is 12.6 Å². The van der Waals surface area contributed by atoms with Gasteiger partial charge in [0.25, 0.3) is 0 Å². The fraction of sp³-hybridized carbons (Fsp3) is 0.613. The van der Waals surface area contributed by atoms with Crippen LogP contribution in [0.4, 0.5) is 10.5 Å². The highest BCUT2D eigenvalue weighted by Crippen LogP contribution is 2.19. The number of rotatable bonds is 16. The van der Waals surface area contributed by atoms with Crippen LogP contribution in [-0.2, 0) is 35.3 Å². The zero-order valence-electron chi connectivity index (χ0n) is 26.6. The lowest BCUT2D eigenvalue weighted by Gasteiger charge is -2.27. The molecule has 12 nitrogen and oxygen atoms in total. The minimum absolute atomic E-state index is 0.0408. The Kier molecular flexibility index (Phi) is 14.7. The lowest BCUT2D eigenvalue weighted by atomic mass is 10.0. The molecule has 44 heavy (non-hydrogen) atoms. The van der Waals surface area contributed by atoms with Crippen molar-refractivity contribution in [3.63, 3.8) is 0 Å². The number of unbranched alkanes of at least 4 members (excludes halogenated alkanes) is 2. The van der Waals surface area contributed by atoms with Crippen LogP contribution in [0.3, 0.4) is 0 Å². The summed E-state index contributed by atoms with van der Waals surface area (Å²) in [5, 5.41) is 7.45. The smallest absolute Gasteiger partial charge is 0.410 e. The van der Waals surface area contributed by atoms with Crippen LogP contribution in [0.15, 0.2) is 24.3 Å². The van der Waals surface area contributed by atoms with Gasteiger partial charge in [-0.3, -0.25) is 28.9 Å². The Hall–Kier alpha value is -3.61. The maximum atomic E-state index is 12.8. The van der Waals surface area contributed by atoms with Gasteiger partial charge in [-0.25, -0.2) is 4.79 Å². The van der Waals surface area contributed by atoms with Gasteiger partial charge in [0.1, 0.15) is 12.6 Å². The summed E-state index contributed by atoms with van der Waals surface area (Å²) in [6.45, 7) is 9.74. The van der Waals surface area contributed by atoms with Gasteiger partial charge in [0, 0.05) is 38.2 Å². The minimum atomic E-state index is -0.813. The number of benzene rings is 1. The summed E-state index contributed by atoms with van der Waals surface area (Å²) in [6, 6.07) is 6.06. The summed E-state index contributed by atoms with van der Waals surface area (Å²) in [5.74, 6) is -1.60. The number of carbonyl (C=O) groups excluding carboxylic acids is 6. The summed E-state index contributed by atoms with van der Waals surface area (Å²) in [6.07, 6.45) is 1.66. The van der Waals surface area contributed by atoms with Crippen molar-refractivity contribution >= 4 is 53.9 Å². The fourth-order valence-electron chi connectivity index (χ4n) is 4.44. The first-order valence-electron chi connectivity index (χ1n) is 15.1. The second-order valence-corrected chi connectivity index (χ2v) is 12.4. The van der Waals surface area contributed by atoms with Crippen LogP contribution in [-0.4, -0.2) is 82.9 Å². The third-order valence-electron chi connectivity index (χ3n) is 7.66. The summed E-state index contributed by atoms with van der Waals surface area (Å²) >= 11 is 4.10. The molecule has 1 fully saturated rings. The van der Waals surface area contributed by atoms with Crippen molar-refractivity contribution < 1.29 is 33.5 Å². The number of hydrogen-bond acceptors (Lipinski definition) is 8. The van der Waals surface area contributed by atoms with E-state index in [1.807, 2.05) is 20.8 Å². The predicted octanol–water partition coefficient (Wildman–Crippen LogP) is 3.11. The molecule has 6 amide bonds. The molecule has 1 saturated heterocycles. The molecule has 0 aromatic heterocycles. The van der Waals surface area contributed by atoms with Crippen molar-refractivity contribution in [3.05, 3.63) is 29.8 Å². The number of nitrogens with zero attached hydrogens (tertiary/aromatic N) is 2. The first kappa shape index (κ1) is 36.6. The van der Waals surface area contributed by atoms with Gasteiger partial charge in [0.2, 0.25) is 29.5 Å². The van der Waals surface area contributed by atoms with Crippen molar-refractivity contribution in [1.29, 1.82) is 0 Å². The van der Waals surface area contributed by atoms with Gasteiger partial charge in [0.05, 0.1) is 11.8 Å². The SMILES string of the molecule is CC(C)C(NC(=O)CCCCCN1C(=O)CC(S)C1=O)C(=O)NCC(=O)Nc1ccc(COC(=O)N(C)C(C)C(C)C)cc1. The zero-order chi connectivity index (χ0) is 33.0. The Balaban J connectivity index is 1.71. The van der Waals surface area contributed by atoms with Crippen LogP contribution in [0.25, 0.3) is 0 Å². The summed E-state index contributed by atoms with van der Waals surface area (Å²) in [7, 11) is 1.70. The Morgan fingerprint density at radius 3 is 2.20 bits per heavy atom. The number of imide groups is 1. The van der Waals surface area contributed by atoms with E-state index >= 15 is 0 Å². The van der Waals surface area contributed by atoms with Crippen molar-refractivity contribution in [3.8, 4) is 0 Å². The highest BCUT2D eigenvalue weighted by Gasteiger charge is 2.35. The topological polar surface area (TPSA) is 154 Å². The molecule has 244 valence electrons. The molecule has 1 aliphatic heterocycles. The van der Waals surface area contributed by atoms with Crippen molar-refractivity contribution in [2.75, 3.05) is 25.5 Å². The first-order chi connectivity index (χ1) is 20.7. The van der Waals surface area contributed by atoms with Gasteiger partial charge in [-0.05, 0) is 49.3 Å². The van der Waals surface area contributed by atoms with Crippen LogP contribution in [0.2, 0.25) is 0 Å². The summed E-state index contributed by atoms with van der Waals surface area (Å²) < 4.78 is 5.37. The van der Waals surface area contributed by atoms with Gasteiger partial charge in [-0.1, -0.05) is 46.2 Å². The van der Waals surface area contributed by atoms with Gasteiger partial charge in [0.15, 0.2) is 0 Å². The molecule has 0 saturated carbocycles. The van der Waals surface area contributed by atoms with Gasteiger partial charge >= 0.3 is 6.09 Å². The normalized spacial score (nSPS) is 16.1. The molecule has 0 aliphatic carbocycles. The summed E-state index contributed by atoms with van der Waals surface area (Å²) in [5.41, 5.74) is 1.27. The van der Waals surface area contributed by atoms with Gasteiger partial charge in [-0.15, -0.1) is 0 Å². The second-order valence-electron chi connectivity index (χ2n) is 11.8. The molecule has 2 rings (SSSR count). The molecule has 3 atom stereocenters. The van der Waals surface area contributed by atoms with E-state index in [1.165, 1.54) is 4.90 Å². The van der Waals surface area contributed by atoms with E-state index in [4.69, 9.17) is 4.74 Å². The first-order valence-corrected chi connectivity index (χ1v) is 15.6. The van der Waals surface area contributed by atoms with Crippen LogP contribution in [0.5, 0.6) is 0 Å². The van der Waals surface area contributed by atoms with E-state index in [1.54, 1.807) is 50.1 Å². The largest absolute Gasteiger partial charge is 0.445 e. The average molecular weight is 634 g/mol. The molecule has 1 heterocycles. The maximum Gasteiger partial charge on any atom is 0.410 e. The van der Waals surface area contributed by atoms with E-state index in [2.05, 4.69) is 28.6 Å². The fourth-order valence-corrected chi connectivity index (χ4v) is 4.74. The standard InChI is InChI=1S/C31H47N5O7S/c1-19(2)21(5)35(6)31(42)43-18-22-11-13-23(14-12-22)33-26(38)17-32-29(40)28(20(3)4)34-25(37)10-8-7-9-15-36-27(39)16-24(44)30(36)41/h11-14,19-21,24,28,44H,7-10,15-18H2,1-6H3,(H,32,40)(H,33,38)(H,34,37). The average Bonchev–Trinajstić information content (AvgIpc) is 3.22. The Labute approximate surface area is 265 Å². The van der Waals surface area contributed by atoms with E-state index in [9.17, 15) is 28.8 Å². The number of hydrogen-bond donors (Lipinski definition) is 4. The second kappa shape index (κ2) is 17.6. The monoisotopic (exact) mass is 633 g/mol. The lowest BCUT2D eigenvalue weighted by molar-refractivity contribution is -0.138. The van der Waals surface area contributed by atoms with E-state index < -0.39 is 29.2 Å². The summed E-state index contributed by atoms with van der Waals surface area (Å²) in [4.78, 5) is 76.5. The quantitative estimate of drug-likeness (QED) is 0.124. The van der Waals surface area contributed by atoms with E-state index in [0.29, 0.717) is 37.4 Å². The van der Waals surface area contributed by atoms with Crippen LogP contribution in [0, 0.1) is 11.8 Å². The third-order valence-corrected chi connectivity index (χ3v) is 8.06. The van der Waals surface area contributed by atoms with Gasteiger partial charge < -0.3 is 25.6 Å². The van der Waals surface area contributed by atoms with Crippen molar-refractivity contribution in [2.45, 2.75) is 90.7 Å². The maximum absolute atomic E-state index is 12.8. The zero-order valence-corrected chi connectivity index (χ0v) is 27.4. The molecular formula is C31H47N5O7S. The molecule has 0 radical (unpaired) electrons. The predicted molar refractivity (Wildman–Crippen MR) is 170 cm³/mol. The molecule has 0 bridgehead atoms. The Morgan fingerprint density at radius 1 is 0.977 bits per heavy atom. The van der Waals surface area contributed by atoms with Crippen molar-refractivity contribution in [1.82, 2.24) is 20.4 Å². The molecule has 3 unspecified atom stereocenters. The van der Waals surface area contributed by atoms with Crippen LogP contribution in [0.1, 0.15) is 72.3 Å². The Morgan fingerprint density at radius 2 is 1.64 bits per heavy atom. The molecule has 1 aromatic rings. The number of thiol groups is 1. The number of anilines is 1.